The number of benzene rings is 2. The van der Waals surface area contributed by atoms with Crippen LogP contribution in [0, 0.1) is 5.92 Å². The zero-order valence-corrected chi connectivity index (χ0v) is 15.7. The molecule has 2 aromatic rings. The third-order valence-corrected chi connectivity index (χ3v) is 5.43. The molecule has 25 heavy (non-hydrogen) atoms. The molecule has 0 aromatic heterocycles. The van der Waals surface area contributed by atoms with Crippen LogP contribution in [-0.4, -0.2) is 14.5 Å². The van der Waals surface area contributed by atoms with Gasteiger partial charge in [0, 0.05) is 0 Å². The monoisotopic (exact) mass is 355 g/mol. The van der Waals surface area contributed by atoms with Crippen molar-refractivity contribution in [3.63, 3.8) is 0 Å². The van der Waals surface area contributed by atoms with Gasteiger partial charge in [-0.1, -0.05) is 86.2 Å². The first kappa shape index (κ1) is 19.2. The zero-order chi connectivity index (χ0) is 18.3. The summed E-state index contributed by atoms with van der Waals surface area (Å²) in [6.07, 6.45) is 5.84. The van der Waals surface area contributed by atoms with E-state index in [1.54, 1.807) is 30.3 Å². The van der Waals surface area contributed by atoms with Crippen molar-refractivity contribution in [2.24, 2.45) is 5.92 Å². The van der Waals surface area contributed by atoms with E-state index in [-0.39, 0.29) is 10.8 Å². The van der Waals surface area contributed by atoms with E-state index in [0.717, 1.165) is 11.1 Å². The highest BCUT2D eigenvalue weighted by Gasteiger charge is 2.22. The lowest BCUT2D eigenvalue weighted by Gasteiger charge is -2.22. The summed E-state index contributed by atoms with van der Waals surface area (Å²) in [6, 6.07) is 17.9. The number of hydrogen-bond donors (Lipinski definition) is 1. The van der Waals surface area contributed by atoms with Crippen molar-refractivity contribution in [3.8, 4) is 0 Å². The second-order valence-electron chi connectivity index (χ2n) is 6.13. The quantitative estimate of drug-likeness (QED) is 0.735. The Bertz CT molecular complexity index is 823. The van der Waals surface area contributed by atoms with Gasteiger partial charge in [0.25, 0.3) is 0 Å². The van der Waals surface area contributed by atoms with Gasteiger partial charge in [0.05, 0.1) is 10.9 Å². The molecule has 0 radical (unpaired) electrons. The van der Waals surface area contributed by atoms with Gasteiger partial charge in [-0.15, -0.1) is 0 Å². The molecule has 0 heterocycles. The Morgan fingerprint density at radius 1 is 0.960 bits per heavy atom. The maximum atomic E-state index is 12.7. The highest BCUT2D eigenvalue weighted by Crippen LogP contribution is 2.19. The minimum atomic E-state index is -3.59. The van der Waals surface area contributed by atoms with Crippen LogP contribution in [0.3, 0.4) is 0 Å². The van der Waals surface area contributed by atoms with E-state index in [2.05, 4.69) is 18.6 Å². The van der Waals surface area contributed by atoms with Crippen LogP contribution >= 0.6 is 0 Å². The normalized spacial score (nSPS) is 14.2. The van der Waals surface area contributed by atoms with Crippen LogP contribution in [0.2, 0.25) is 0 Å². The molecule has 2 rings (SSSR count). The molecular formula is C21H25NO2S. The molecule has 3 nitrogen and oxygen atoms in total. The molecule has 1 unspecified atom stereocenters. The predicted molar refractivity (Wildman–Crippen MR) is 105 cm³/mol. The van der Waals surface area contributed by atoms with Crippen LogP contribution in [0.25, 0.3) is 6.08 Å². The second-order valence-corrected chi connectivity index (χ2v) is 7.84. The molecule has 0 amide bonds. The molecule has 0 fully saturated rings. The summed E-state index contributed by atoms with van der Waals surface area (Å²) in [7, 11) is -3.59. The molecule has 4 heteroatoms. The van der Waals surface area contributed by atoms with Gasteiger partial charge in [-0.25, -0.2) is 13.1 Å². The van der Waals surface area contributed by atoms with Gasteiger partial charge in [-0.2, -0.15) is 0 Å². The topological polar surface area (TPSA) is 46.2 Å². The maximum absolute atomic E-state index is 12.7. The molecule has 0 aliphatic rings. The Morgan fingerprint density at radius 3 is 2.04 bits per heavy atom. The SMILES string of the molecule is C/C=C(\C(C)C)C(/C=C/c1ccccc1)NS(=O)(=O)c1ccccc1. The van der Waals surface area contributed by atoms with E-state index in [4.69, 9.17) is 0 Å². The lowest BCUT2D eigenvalue weighted by Crippen LogP contribution is -2.36. The van der Waals surface area contributed by atoms with Crippen molar-refractivity contribution in [2.75, 3.05) is 0 Å². The number of nitrogens with one attached hydrogen (secondary N) is 1. The summed E-state index contributed by atoms with van der Waals surface area (Å²) < 4.78 is 28.3. The molecule has 0 aliphatic carbocycles. The smallest absolute Gasteiger partial charge is 0.207 e. The summed E-state index contributed by atoms with van der Waals surface area (Å²) in [5, 5.41) is 0. The Hall–Kier alpha value is -2.17. The van der Waals surface area contributed by atoms with Gasteiger partial charge >= 0.3 is 0 Å². The third-order valence-electron chi connectivity index (χ3n) is 3.98. The van der Waals surface area contributed by atoms with Crippen molar-refractivity contribution < 1.29 is 8.42 Å². The summed E-state index contributed by atoms with van der Waals surface area (Å²) in [6.45, 7) is 6.07. The summed E-state index contributed by atoms with van der Waals surface area (Å²) in [4.78, 5) is 0.271. The van der Waals surface area contributed by atoms with Crippen LogP contribution in [0.5, 0.6) is 0 Å². The molecule has 1 atom stereocenters. The Labute approximate surface area is 151 Å². The fraction of sp³-hybridized carbons (Fsp3) is 0.238. The molecule has 2 aromatic carbocycles. The van der Waals surface area contributed by atoms with Gasteiger partial charge in [-0.3, -0.25) is 0 Å². The largest absolute Gasteiger partial charge is 0.241 e. The van der Waals surface area contributed by atoms with Gasteiger partial charge in [-0.05, 0) is 30.5 Å². The summed E-state index contributed by atoms with van der Waals surface area (Å²) in [5.74, 6) is 0.230. The summed E-state index contributed by atoms with van der Waals surface area (Å²) in [5.41, 5.74) is 2.07. The van der Waals surface area contributed by atoms with E-state index in [0.29, 0.717) is 0 Å². The Balaban J connectivity index is 2.34. The van der Waals surface area contributed by atoms with Crippen molar-refractivity contribution in [1.29, 1.82) is 0 Å². The fourth-order valence-corrected chi connectivity index (χ4v) is 3.90. The van der Waals surface area contributed by atoms with Gasteiger partial charge in [0.2, 0.25) is 10.0 Å². The molecule has 0 aliphatic heterocycles. The molecule has 0 saturated heterocycles. The Morgan fingerprint density at radius 2 is 1.52 bits per heavy atom. The lowest BCUT2D eigenvalue weighted by molar-refractivity contribution is 0.571. The molecule has 0 spiro atoms. The molecule has 1 N–H and O–H groups in total. The van der Waals surface area contributed by atoms with E-state index >= 15 is 0 Å². The van der Waals surface area contributed by atoms with E-state index in [9.17, 15) is 8.42 Å². The fourth-order valence-electron chi connectivity index (χ4n) is 2.70. The molecule has 0 bridgehead atoms. The summed E-state index contributed by atoms with van der Waals surface area (Å²) >= 11 is 0. The average molecular weight is 356 g/mol. The van der Waals surface area contributed by atoms with Crippen molar-refractivity contribution in [1.82, 2.24) is 4.72 Å². The van der Waals surface area contributed by atoms with Crippen molar-refractivity contribution in [3.05, 3.63) is 84.0 Å². The van der Waals surface area contributed by atoms with Crippen molar-refractivity contribution in [2.45, 2.75) is 31.7 Å². The third kappa shape index (κ3) is 5.41. The number of allylic oxidation sites excluding steroid dienone is 1. The predicted octanol–water partition coefficient (Wildman–Crippen LogP) is 4.65. The van der Waals surface area contributed by atoms with Gasteiger partial charge in [0.1, 0.15) is 0 Å². The first-order chi connectivity index (χ1) is 11.9. The highest BCUT2D eigenvalue weighted by atomic mass is 32.2. The van der Waals surface area contributed by atoms with Crippen LogP contribution in [0.1, 0.15) is 26.3 Å². The Kier molecular flexibility index (Phi) is 6.73. The van der Waals surface area contributed by atoms with E-state index in [1.165, 1.54) is 0 Å². The number of rotatable bonds is 7. The van der Waals surface area contributed by atoms with Crippen LogP contribution in [0.15, 0.2) is 83.3 Å². The van der Waals surface area contributed by atoms with Crippen molar-refractivity contribution >= 4 is 16.1 Å². The van der Waals surface area contributed by atoms with Gasteiger partial charge in [0.15, 0.2) is 0 Å². The highest BCUT2D eigenvalue weighted by molar-refractivity contribution is 7.89. The minimum absolute atomic E-state index is 0.230. The van der Waals surface area contributed by atoms with Gasteiger partial charge < -0.3 is 0 Å². The average Bonchev–Trinajstić information content (AvgIpc) is 2.61. The first-order valence-corrected chi connectivity index (χ1v) is 9.89. The van der Waals surface area contributed by atoms with Crippen LogP contribution < -0.4 is 4.72 Å². The number of sulfonamides is 1. The zero-order valence-electron chi connectivity index (χ0n) is 14.9. The van der Waals surface area contributed by atoms with E-state index in [1.807, 2.05) is 55.5 Å². The first-order valence-electron chi connectivity index (χ1n) is 8.41. The van der Waals surface area contributed by atoms with E-state index < -0.39 is 16.1 Å². The molecule has 132 valence electrons. The lowest BCUT2D eigenvalue weighted by atomic mass is 9.95. The number of hydrogen-bond acceptors (Lipinski definition) is 2. The molecular weight excluding hydrogens is 330 g/mol. The maximum Gasteiger partial charge on any atom is 0.241 e. The minimum Gasteiger partial charge on any atom is -0.207 e. The standard InChI is InChI=1S/C21H25NO2S/c1-4-20(17(2)3)21(16-15-18-11-7-5-8-12-18)22-25(23,24)19-13-9-6-10-14-19/h4-17,21-22H,1-3H3/b16-15+,20-4+. The van der Waals surface area contributed by atoms with Crippen LogP contribution in [0.4, 0.5) is 0 Å². The molecule has 0 saturated carbocycles. The van der Waals surface area contributed by atoms with Crippen LogP contribution in [-0.2, 0) is 10.0 Å². The second kappa shape index (κ2) is 8.79.